The van der Waals surface area contributed by atoms with E-state index >= 15 is 0 Å². The van der Waals surface area contributed by atoms with Gasteiger partial charge in [0.15, 0.2) is 0 Å². The number of anilines is 5. The second kappa shape index (κ2) is 11.6. The third-order valence-corrected chi connectivity index (χ3v) is 6.64. The monoisotopic (exact) mass is 506 g/mol. The molecule has 2 fully saturated rings. The fourth-order valence-electron chi connectivity index (χ4n) is 4.55. The molecule has 11 nitrogen and oxygen atoms in total. The van der Waals surface area contributed by atoms with E-state index in [4.69, 9.17) is 20.9 Å². The van der Waals surface area contributed by atoms with Crippen LogP contribution in [0.25, 0.3) is 0 Å². The number of nitrogens with zero attached hydrogens (tertiary/aromatic N) is 3. The van der Waals surface area contributed by atoms with Crippen molar-refractivity contribution < 1.29 is 14.3 Å². The molecule has 5 rings (SSSR count). The third-order valence-electron chi connectivity index (χ3n) is 6.64. The first-order chi connectivity index (χ1) is 18.0. The minimum absolute atomic E-state index is 0.287. The SMILES string of the molecule is Nc1ccc(CN2CCOCC2)cc1NC(=O)c1[nH]ncc1Nc1ccc(CN2CCOCC2)cc1N. The lowest BCUT2D eigenvalue weighted by atomic mass is 10.1. The summed E-state index contributed by atoms with van der Waals surface area (Å²) in [6.45, 7) is 8.14. The van der Waals surface area contributed by atoms with Crippen LogP contribution < -0.4 is 22.1 Å². The summed E-state index contributed by atoms with van der Waals surface area (Å²) in [5.41, 5.74) is 17.9. The molecule has 0 spiro atoms. The zero-order chi connectivity index (χ0) is 25.6. The second-order valence-corrected chi connectivity index (χ2v) is 9.36. The maximum Gasteiger partial charge on any atom is 0.275 e. The number of hydrogen-bond donors (Lipinski definition) is 5. The van der Waals surface area contributed by atoms with Crippen molar-refractivity contribution >= 4 is 34.3 Å². The first-order valence-corrected chi connectivity index (χ1v) is 12.5. The molecule has 1 amide bonds. The Kier molecular flexibility index (Phi) is 7.85. The molecule has 0 radical (unpaired) electrons. The van der Waals surface area contributed by atoms with Gasteiger partial charge in [-0.3, -0.25) is 19.7 Å². The van der Waals surface area contributed by atoms with Gasteiger partial charge in [-0.05, 0) is 35.4 Å². The normalized spacial score (nSPS) is 17.0. The lowest BCUT2D eigenvalue weighted by Crippen LogP contribution is -2.35. The maximum atomic E-state index is 13.1. The molecule has 11 heteroatoms. The number of morpholine rings is 2. The predicted octanol–water partition coefficient (Wildman–Crippen LogP) is 2.23. The molecular formula is C26H34N8O3. The predicted molar refractivity (Wildman–Crippen MR) is 144 cm³/mol. The molecular weight excluding hydrogens is 472 g/mol. The average molecular weight is 507 g/mol. The number of aromatic amines is 1. The van der Waals surface area contributed by atoms with Crippen LogP contribution in [0.1, 0.15) is 21.6 Å². The summed E-state index contributed by atoms with van der Waals surface area (Å²) < 4.78 is 10.8. The standard InChI is InChI=1S/C26H34N8O3/c27-20-3-1-19(17-34-7-11-37-12-8-34)14-23(20)31-26(35)25-24(15-29-32-25)30-22-4-2-18(13-21(22)28)16-33-5-9-36-10-6-33/h1-4,13-15,30H,5-12,16-17,27-28H2,(H,29,32)(H,31,35). The van der Waals surface area contributed by atoms with Gasteiger partial charge in [0.25, 0.3) is 5.91 Å². The summed E-state index contributed by atoms with van der Waals surface area (Å²) in [5.74, 6) is -0.349. The Balaban J connectivity index is 1.24. The minimum Gasteiger partial charge on any atom is -0.397 e. The fourth-order valence-corrected chi connectivity index (χ4v) is 4.55. The average Bonchev–Trinajstić information content (AvgIpc) is 3.37. The Bertz CT molecular complexity index is 1220. The Labute approximate surface area is 216 Å². The molecule has 0 atom stereocenters. The molecule has 3 heterocycles. The molecule has 7 N–H and O–H groups in total. The van der Waals surface area contributed by atoms with Gasteiger partial charge in [0.2, 0.25) is 0 Å². The van der Waals surface area contributed by atoms with Crippen molar-refractivity contribution in [2.24, 2.45) is 0 Å². The van der Waals surface area contributed by atoms with E-state index in [9.17, 15) is 4.79 Å². The first-order valence-electron chi connectivity index (χ1n) is 12.5. The molecule has 1 aromatic heterocycles. The van der Waals surface area contributed by atoms with Gasteiger partial charge in [0, 0.05) is 39.3 Å². The molecule has 0 bridgehead atoms. The summed E-state index contributed by atoms with van der Waals surface area (Å²) in [6, 6.07) is 11.6. The van der Waals surface area contributed by atoms with E-state index < -0.39 is 0 Å². The smallest absolute Gasteiger partial charge is 0.275 e. The molecule has 2 saturated heterocycles. The van der Waals surface area contributed by atoms with Crippen molar-refractivity contribution in [3.05, 3.63) is 59.4 Å². The van der Waals surface area contributed by atoms with Crippen LogP contribution in [0.4, 0.5) is 28.4 Å². The van der Waals surface area contributed by atoms with Crippen LogP contribution in [-0.2, 0) is 22.6 Å². The van der Waals surface area contributed by atoms with Crippen LogP contribution in [0, 0.1) is 0 Å². The molecule has 2 aromatic carbocycles. The van der Waals surface area contributed by atoms with Gasteiger partial charge in [0.05, 0.1) is 61.1 Å². The molecule has 196 valence electrons. The van der Waals surface area contributed by atoms with E-state index in [1.165, 1.54) is 0 Å². The van der Waals surface area contributed by atoms with Crippen molar-refractivity contribution in [3.63, 3.8) is 0 Å². The molecule has 37 heavy (non-hydrogen) atoms. The summed E-state index contributed by atoms with van der Waals surface area (Å²) in [7, 11) is 0. The van der Waals surface area contributed by atoms with Gasteiger partial charge in [-0.2, -0.15) is 5.10 Å². The Morgan fingerprint density at radius 2 is 1.46 bits per heavy atom. The van der Waals surface area contributed by atoms with Gasteiger partial charge in [0.1, 0.15) is 5.69 Å². The number of nitrogens with two attached hydrogens (primary N) is 2. The number of ether oxygens (including phenoxy) is 2. The number of nitrogens with one attached hydrogen (secondary N) is 3. The summed E-state index contributed by atoms with van der Waals surface area (Å²) in [6.07, 6.45) is 1.56. The van der Waals surface area contributed by atoms with Crippen LogP contribution in [0.5, 0.6) is 0 Å². The number of nitrogen functional groups attached to an aromatic ring is 2. The van der Waals surface area contributed by atoms with Gasteiger partial charge in [-0.25, -0.2) is 0 Å². The summed E-state index contributed by atoms with van der Waals surface area (Å²) in [5, 5.41) is 13.0. The molecule has 0 saturated carbocycles. The largest absolute Gasteiger partial charge is 0.397 e. The van der Waals surface area contributed by atoms with Crippen molar-refractivity contribution in [3.8, 4) is 0 Å². The number of rotatable bonds is 8. The Morgan fingerprint density at radius 1 is 0.838 bits per heavy atom. The molecule has 0 unspecified atom stereocenters. The number of carbonyl (C=O) groups is 1. The van der Waals surface area contributed by atoms with E-state index in [-0.39, 0.29) is 11.6 Å². The van der Waals surface area contributed by atoms with Crippen molar-refractivity contribution in [2.75, 3.05) is 74.7 Å². The van der Waals surface area contributed by atoms with E-state index in [0.29, 0.717) is 28.4 Å². The highest BCUT2D eigenvalue weighted by molar-refractivity contribution is 6.08. The van der Waals surface area contributed by atoms with Gasteiger partial charge in [-0.15, -0.1) is 0 Å². The van der Waals surface area contributed by atoms with Gasteiger partial charge >= 0.3 is 0 Å². The fraction of sp³-hybridized carbons (Fsp3) is 0.385. The van der Waals surface area contributed by atoms with Gasteiger partial charge < -0.3 is 31.6 Å². The number of H-pyrrole nitrogens is 1. The van der Waals surface area contributed by atoms with E-state index in [2.05, 4.69) is 30.6 Å². The second-order valence-electron chi connectivity index (χ2n) is 9.36. The van der Waals surface area contributed by atoms with E-state index in [1.54, 1.807) is 6.20 Å². The quantitative estimate of drug-likeness (QED) is 0.290. The number of carbonyl (C=O) groups excluding carboxylic acids is 1. The number of benzene rings is 2. The highest BCUT2D eigenvalue weighted by Crippen LogP contribution is 2.28. The highest BCUT2D eigenvalue weighted by Gasteiger charge is 2.18. The molecule has 3 aromatic rings. The van der Waals surface area contributed by atoms with Crippen LogP contribution in [0.3, 0.4) is 0 Å². The topological polar surface area (TPSA) is 147 Å². The van der Waals surface area contributed by atoms with Gasteiger partial charge in [-0.1, -0.05) is 12.1 Å². The minimum atomic E-state index is -0.349. The number of aromatic nitrogens is 2. The van der Waals surface area contributed by atoms with Crippen LogP contribution >= 0.6 is 0 Å². The van der Waals surface area contributed by atoms with Crippen LogP contribution in [0.2, 0.25) is 0 Å². The zero-order valence-corrected chi connectivity index (χ0v) is 20.8. The third kappa shape index (κ3) is 6.38. The van der Waals surface area contributed by atoms with Crippen LogP contribution in [-0.4, -0.2) is 78.5 Å². The highest BCUT2D eigenvalue weighted by atomic mass is 16.5. The lowest BCUT2D eigenvalue weighted by molar-refractivity contribution is 0.0341. The Morgan fingerprint density at radius 3 is 2.11 bits per heavy atom. The first kappa shape index (κ1) is 25.0. The van der Waals surface area contributed by atoms with Crippen molar-refractivity contribution in [1.29, 1.82) is 0 Å². The maximum absolute atomic E-state index is 13.1. The van der Waals surface area contributed by atoms with Crippen molar-refractivity contribution in [2.45, 2.75) is 13.1 Å². The lowest BCUT2D eigenvalue weighted by Gasteiger charge is -2.26. The molecule has 2 aliphatic rings. The Hall–Kier alpha value is -3.64. The summed E-state index contributed by atoms with van der Waals surface area (Å²) in [4.78, 5) is 17.8. The number of hydrogen-bond acceptors (Lipinski definition) is 9. The molecule has 0 aliphatic carbocycles. The molecule has 2 aliphatic heterocycles. The van der Waals surface area contributed by atoms with Crippen LogP contribution in [0.15, 0.2) is 42.6 Å². The number of amides is 1. The zero-order valence-electron chi connectivity index (χ0n) is 20.8. The van der Waals surface area contributed by atoms with E-state index in [0.717, 1.165) is 76.8 Å². The van der Waals surface area contributed by atoms with E-state index in [1.807, 2.05) is 36.4 Å². The van der Waals surface area contributed by atoms with Crippen molar-refractivity contribution in [1.82, 2.24) is 20.0 Å². The summed E-state index contributed by atoms with van der Waals surface area (Å²) >= 11 is 0.